The molecule has 0 bridgehead atoms. The van der Waals surface area contributed by atoms with Crippen molar-refractivity contribution in [3.63, 3.8) is 0 Å². The van der Waals surface area contributed by atoms with E-state index in [1.807, 2.05) is 17.0 Å². The first-order chi connectivity index (χ1) is 18.4. The Balaban J connectivity index is 1.64. The lowest BCUT2D eigenvalue weighted by atomic mass is 9.82. The van der Waals surface area contributed by atoms with Gasteiger partial charge in [-0.3, -0.25) is 9.59 Å². The summed E-state index contributed by atoms with van der Waals surface area (Å²) >= 11 is 0. The van der Waals surface area contributed by atoms with Gasteiger partial charge in [0.1, 0.15) is 0 Å². The number of carbonyl (C=O) groups is 2. The van der Waals surface area contributed by atoms with E-state index in [1.54, 1.807) is 40.4 Å². The van der Waals surface area contributed by atoms with Gasteiger partial charge in [-0.2, -0.15) is 0 Å². The monoisotopic (exact) mass is 531 g/mol. The number of piperidine rings is 2. The highest BCUT2D eigenvalue weighted by Crippen LogP contribution is 2.48. The highest BCUT2D eigenvalue weighted by Gasteiger charge is 2.46. The van der Waals surface area contributed by atoms with Gasteiger partial charge in [0.25, 0.3) is 0 Å². The fourth-order valence-electron chi connectivity index (χ4n) is 6.87. The zero-order valence-corrected chi connectivity index (χ0v) is 23.7. The minimum atomic E-state index is -0.506. The van der Waals surface area contributed by atoms with Crippen LogP contribution in [0.1, 0.15) is 56.6 Å². The number of benzene rings is 1. The number of amides is 2. The van der Waals surface area contributed by atoms with Gasteiger partial charge in [0.15, 0.2) is 11.5 Å². The van der Waals surface area contributed by atoms with Crippen molar-refractivity contribution < 1.29 is 28.5 Å². The van der Waals surface area contributed by atoms with Gasteiger partial charge in [0, 0.05) is 51.9 Å². The quantitative estimate of drug-likeness (QED) is 0.405. The van der Waals surface area contributed by atoms with E-state index in [-0.39, 0.29) is 18.2 Å². The molecule has 0 unspecified atom stereocenters. The largest absolute Gasteiger partial charge is 0.493 e. The first-order valence-corrected chi connectivity index (χ1v) is 14.0. The number of fused-ring (bicyclic) bond motifs is 1. The molecule has 1 aromatic carbocycles. The molecule has 9 heteroatoms. The maximum absolute atomic E-state index is 14.3. The lowest BCUT2D eigenvalue weighted by Gasteiger charge is -2.46. The van der Waals surface area contributed by atoms with Crippen molar-refractivity contribution in [1.29, 1.82) is 0 Å². The number of likely N-dealkylation sites (tertiary alicyclic amines) is 1. The Bertz CT molecular complexity index is 970. The average Bonchev–Trinajstić information content (AvgIpc) is 3.24. The van der Waals surface area contributed by atoms with Crippen LogP contribution in [0.2, 0.25) is 0 Å². The molecule has 3 aliphatic rings. The van der Waals surface area contributed by atoms with E-state index in [4.69, 9.17) is 18.9 Å². The maximum Gasteiger partial charge on any atom is 0.228 e. The van der Waals surface area contributed by atoms with Crippen molar-refractivity contribution in [3.05, 3.63) is 17.7 Å². The van der Waals surface area contributed by atoms with Crippen LogP contribution in [0.25, 0.3) is 0 Å². The number of nitrogens with zero attached hydrogens (tertiary/aromatic N) is 3. The van der Waals surface area contributed by atoms with Crippen molar-refractivity contribution >= 4 is 11.8 Å². The van der Waals surface area contributed by atoms with Gasteiger partial charge in [0.2, 0.25) is 17.6 Å². The molecule has 212 valence electrons. The Hall–Kier alpha value is -2.52. The maximum atomic E-state index is 14.3. The molecule has 4 rings (SSSR count). The van der Waals surface area contributed by atoms with E-state index in [0.29, 0.717) is 42.4 Å². The van der Waals surface area contributed by atoms with Crippen LogP contribution in [-0.4, -0.2) is 101 Å². The molecule has 1 aromatic rings. The van der Waals surface area contributed by atoms with Crippen LogP contribution >= 0.6 is 0 Å². The topological polar surface area (TPSA) is 80.8 Å². The molecule has 0 N–H and O–H groups in total. The van der Waals surface area contributed by atoms with Gasteiger partial charge in [-0.25, -0.2) is 0 Å². The molecular weight excluding hydrogens is 486 g/mol. The van der Waals surface area contributed by atoms with Crippen molar-refractivity contribution in [2.75, 3.05) is 68.3 Å². The van der Waals surface area contributed by atoms with E-state index < -0.39 is 12.0 Å². The number of methoxy groups -OCH3 is 4. The summed E-state index contributed by atoms with van der Waals surface area (Å²) in [5, 5.41) is 0. The summed E-state index contributed by atoms with van der Waals surface area (Å²) in [4.78, 5) is 33.7. The van der Waals surface area contributed by atoms with Crippen molar-refractivity contribution in [2.45, 2.75) is 57.0 Å². The first-order valence-electron chi connectivity index (χ1n) is 14.0. The number of hydrogen-bond acceptors (Lipinski definition) is 7. The Morgan fingerprint density at radius 2 is 1.76 bits per heavy atom. The van der Waals surface area contributed by atoms with Crippen LogP contribution in [0.15, 0.2) is 12.1 Å². The van der Waals surface area contributed by atoms with Crippen molar-refractivity contribution in [2.24, 2.45) is 11.8 Å². The first kappa shape index (κ1) is 28.5. The van der Waals surface area contributed by atoms with Gasteiger partial charge < -0.3 is 33.6 Å². The Morgan fingerprint density at radius 3 is 2.47 bits per heavy atom. The van der Waals surface area contributed by atoms with E-state index >= 15 is 0 Å². The second-order valence-corrected chi connectivity index (χ2v) is 10.8. The molecule has 0 aromatic heterocycles. The Morgan fingerprint density at radius 1 is 1.00 bits per heavy atom. The Kier molecular flexibility index (Phi) is 9.76. The zero-order valence-electron chi connectivity index (χ0n) is 23.7. The SMILES string of the molecule is COCCCN(C[C@@H]1CCCN2CCCC[C@H]12)C(=O)[C@H]1CC(=O)N(C)[C@@H]1c1ccc(OC)c(OC)c1OC. The van der Waals surface area contributed by atoms with Gasteiger partial charge in [-0.1, -0.05) is 6.42 Å². The van der Waals surface area contributed by atoms with Crippen LogP contribution < -0.4 is 14.2 Å². The molecule has 2 amide bonds. The average molecular weight is 532 g/mol. The molecule has 3 fully saturated rings. The van der Waals surface area contributed by atoms with E-state index in [0.717, 1.165) is 24.9 Å². The van der Waals surface area contributed by atoms with E-state index in [2.05, 4.69) is 4.90 Å². The molecule has 0 radical (unpaired) electrons. The molecule has 0 aliphatic carbocycles. The second kappa shape index (κ2) is 13.0. The van der Waals surface area contributed by atoms with Gasteiger partial charge in [-0.05, 0) is 63.2 Å². The van der Waals surface area contributed by atoms with Crippen LogP contribution in [0.4, 0.5) is 0 Å². The normalized spacial score (nSPS) is 25.7. The lowest BCUT2D eigenvalue weighted by Crippen LogP contribution is -2.52. The summed E-state index contributed by atoms with van der Waals surface area (Å²) in [5.41, 5.74) is 0.754. The number of hydrogen-bond donors (Lipinski definition) is 0. The minimum Gasteiger partial charge on any atom is -0.493 e. The van der Waals surface area contributed by atoms with Gasteiger partial charge in [-0.15, -0.1) is 0 Å². The third-order valence-corrected chi connectivity index (χ3v) is 8.73. The third-order valence-electron chi connectivity index (χ3n) is 8.73. The van der Waals surface area contributed by atoms with Crippen LogP contribution in [-0.2, 0) is 14.3 Å². The van der Waals surface area contributed by atoms with E-state index in [1.165, 1.54) is 38.8 Å². The van der Waals surface area contributed by atoms with Gasteiger partial charge >= 0.3 is 0 Å². The highest BCUT2D eigenvalue weighted by molar-refractivity contribution is 5.90. The summed E-state index contributed by atoms with van der Waals surface area (Å²) in [5.74, 6) is 1.44. The van der Waals surface area contributed by atoms with Crippen LogP contribution in [0.5, 0.6) is 17.2 Å². The molecule has 3 saturated heterocycles. The molecular formula is C29H45N3O6. The van der Waals surface area contributed by atoms with Crippen molar-refractivity contribution in [3.8, 4) is 17.2 Å². The predicted molar refractivity (Wildman–Crippen MR) is 145 cm³/mol. The molecule has 38 heavy (non-hydrogen) atoms. The summed E-state index contributed by atoms with van der Waals surface area (Å²) in [6.45, 7) is 4.29. The van der Waals surface area contributed by atoms with Crippen molar-refractivity contribution in [1.82, 2.24) is 14.7 Å². The molecule has 0 spiro atoms. The number of carbonyl (C=O) groups excluding carboxylic acids is 2. The second-order valence-electron chi connectivity index (χ2n) is 10.8. The molecule has 0 saturated carbocycles. The molecule has 3 aliphatic heterocycles. The zero-order chi connectivity index (χ0) is 27.2. The summed E-state index contributed by atoms with van der Waals surface area (Å²) in [6.07, 6.45) is 7.01. The number of ether oxygens (including phenoxy) is 4. The lowest BCUT2D eigenvalue weighted by molar-refractivity contribution is -0.138. The summed E-state index contributed by atoms with van der Waals surface area (Å²) in [7, 11) is 8.17. The fraction of sp³-hybridized carbons (Fsp3) is 0.724. The van der Waals surface area contributed by atoms with Crippen LogP contribution in [0, 0.1) is 11.8 Å². The summed E-state index contributed by atoms with van der Waals surface area (Å²) < 4.78 is 22.2. The fourth-order valence-corrected chi connectivity index (χ4v) is 6.87. The smallest absolute Gasteiger partial charge is 0.228 e. The molecule has 4 atom stereocenters. The number of rotatable bonds is 11. The van der Waals surface area contributed by atoms with Gasteiger partial charge in [0.05, 0.1) is 33.3 Å². The molecule has 3 heterocycles. The van der Waals surface area contributed by atoms with E-state index in [9.17, 15) is 9.59 Å². The standard InChI is InChI=1S/C29H45N3O6/c1-30-25(33)18-22(26(30)21-12-13-24(36-3)28(38-5)27(21)37-4)29(34)32(16-9-17-35-2)19-20-10-8-15-31-14-7-6-11-23(20)31/h12-13,20,22-23,26H,6-11,14-19H2,1-5H3/t20-,22-,23+,26+/m0/s1. The predicted octanol–water partition coefficient (Wildman–Crippen LogP) is 3.36. The summed E-state index contributed by atoms with van der Waals surface area (Å²) in [6, 6.07) is 3.79. The highest BCUT2D eigenvalue weighted by atomic mass is 16.5. The Labute approximate surface area is 227 Å². The van der Waals surface area contributed by atoms with Crippen LogP contribution in [0.3, 0.4) is 0 Å². The minimum absolute atomic E-state index is 0.0357. The molecule has 9 nitrogen and oxygen atoms in total. The third kappa shape index (κ3) is 5.73.